The van der Waals surface area contributed by atoms with E-state index in [9.17, 15) is 14.4 Å². The molecule has 4 rings (SSSR count). The minimum absolute atomic E-state index is 0.148. The van der Waals surface area contributed by atoms with Crippen LogP contribution in [-0.2, 0) is 9.53 Å². The molecule has 0 spiro atoms. The van der Waals surface area contributed by atoms with Crippen LogP contribution in [0.2, 0.25) is 0 Å². The van der Waals surface area contributed by atoms with Crippen molar-refractivity contribution in [1.29, 1.82) is 0 Å². The molecule has 142 valence electrons. The number of hydrogen-bond acceptors (Lipinski definition) is 4. The fourth-order valence-corrected chi connectivity index (χ4v) is 3.54. The standard InChI is InChI=1S/C22H20N2O4/c25-19-14-17(16-10-4-5-11-18(16)23-19)22(27)28-20(15-8-2-1-3-9-15)21(26)24-12-6-7-13-24/h1-5,8-11,14,20H,6-7,12-13H2,(H,23,25)/t20-/m0/s1. The van der Waals surface area contributed by atoms with Gasteiger partial charge in [0.1, 0.15) is 0 Å². The number of hydrogen-bond donors (Lipinski definition) is 1. The summed E-state index contributed by atoms with van der Waals surface area (Å²) in [7, 11) is 0. The number of benzene rings is 2. The Morgan fingerprint density at radius 2 is 1.64 bits per heavy atom. The molecule has 2 heterocycles. The highest BCUT2D eigenvalue weighted by Gasteiger charge is 2.31. The average Bonchev–Trinajstić information content (AvgIpc) is 3.26. The number of nitrogens with one attached hydrogen (secondary N) is 1. The minimum atomic E-state index is -1.04. The maximum Gasteiger partial charge on any atom is 0.340 e. The summed E-state index contributed by atoms with van der Waals surface area (Å²) < 4.78 is 5.68. The van der Waals surface area contributed by atoms with Gasteiger partial charge >= 0.3 is 5.97 Å². The Balaban J connectivity index is 1.70. The van der Waals surface area contributed by atoms with Crippen molar-refractivity contribution < 1.29 is 14.3 Å². The fourth-order valence-electron chi connectivity index (χ4n) is 3.54. The minimum Gasteiger partial charge on any atom is -0.444 e. The number of para-hydroxylation sites is 1. The summed E-state index contributed by atoms with van der Waals surface area (Å²) in [5, 5.41) is 0.576. The van der Waals surface area contributed by atoms with E-state index >= 15 is 0 Å². The van der Waals surface area contributed by atoms with Crippen molar-refractivity contribution in [3.63, 3.8) is 0 Å². The van der Waals surface area contributed by atoms with Crippen LogP contribution in [0.1, 0.15) is 34.9 Å². The first-order valence-corrected chi connectivity index (χ1v) is 9.30. The maximum absolute atomic E-state index is 13.0. The van der Waals surface area contributed by atoms with Crippen molar-refractivity contribution >= 4 is 22.8 Å². The Morgan fingerprint density at radius 3 is 2.39 bits per heavy atom. The van der Waals surface area contributed by atoms with Crippen molar-refractivity contribution in [3.8, 4) is 0 Å². The Morgan fingerprint density at radius 1 is 0.964 bits per heavy atom. The summed E-state index contributed by atoms with van der Waals surface area (Å²) in [6.07, 6.45) is 0.852. The van der Waals surface area contributed by atoms with Gasteiger partial charge in [0.05, 0.1) is 5.56 Å². The molecule has 1 aliphatic heterocycles. The highest BCUT2D eigenvalue weighted by molar-refractivity contribution is 6.04. The Kier molecular flexibility index (Phi) is 4.93. The number of carbonyl (C=O) groups is 2. The van der Waals surface area contributed by atoms with Crippen LogP contribution >= 0.6 is 0 Å². The van der Waals surface area contributed by atoms with Crippen molar-refractivity contribution in [2.24, 2.45) is 0 Å². The molecule has 1 saturated heterocycles. The number of esters is 1. The molecule has 3 aromatic rings. The number of ether oxygens (including phenoxy) is 1. The molecular formula is C22H20N2O4. The fraction of sp³-hybridized carbons (Fsp3) is 0.227. The van der Waals surface area contributed by atoms with Gasteiger partial charge in [-0.2, -0.15) is 0 Å². The van der Waals surface area contributed by atoms with Crippen molar-refractivity contribution in [2.45, 2.75) is 18.9 Å². The molecule has 1 amide bonds. The zero-order valence-electron chi connectivity index (χ0n) is 15.3. The third-order valence-electron chi connectivity index (χ3n) is 4.94. The molecule has 0 radical (unpaired) electrons. The summed E-state index contributed by atoms with van der Waals surface area (Å²) in [5.41, 5.74) is 0.910. The number of carbonyl (C=O) groups excluding carboxylic acids is 2. The molecule has 6 heteroatoms. The predicted octanol–water partition coefficient (Wildman–Crippen LogP) is 3.05. The number of pyridine rings is 1. The van der Waals surface area contributed by atoms with Crippen LogP contribution in [0.4, 0.5) is 0 Å². The summed E-state index contributed by atoms with van der Waals surface area (Å²) in [6.45, 7) is 1.32. The second-order valence-corrected chi connectivity index (χ2v) is 6.82. The monoisotopic (exact) mass is 376 g/mol. The zero-order valence-corrected chi connectivity index (χ0v) is 15.3. The molecule has 6 nitrogen and oxygen atoms in total. The largest absolute Gasteiger partial charge is 0.444 e. The van der Waals surface area contributed by atoms with Crippen LogP contribution in [0.25, 0.3) is 10.9 Å². The highest BCUT2D eigenvalue weighted by Crippen LogP contribution is 2.25. The second kappa shape index (κ2) is 7.68. The number of aromatic amines is 1. The van der Waals surface area contributed by atoms with E-state index in [4.69, 9.17) is 4.74 Å². The lowest BCUT2D eigenvalue weighted by molar-refractivity contribution is -0.140. The quantitative estimate of drug-likeness (QED) is 0.710. The first kappa shape index (κ1) is 18.0. The van der Waals surface area contributed by atoms with Gasteiger partial charge in [-0.15, -0.1) is 0 Å². The van der Waals surface area contributed by atoms with Gasteiger partial charge in [0.25, 0.3) is 5.91 Å². The molecule has 1 fully saturated rings. The predicted molar refractivity (Wildman–Crippen MR) is 105 cm³/mol. The van der Waals surface area contributed by atoms with Gasteiger partial charge in [0.15, 0.2) is 0 Å². The number of rotatable bonds is 4. The van der Waals surface area contributed by atoms with Crippen LogP contribution in [-0.4, -0.2) is 34.8 Å². The third kappa shape index (κ3) is 3.53. The molecule has 28 heavy (non-hydrogen) atoms. The zero-order chi connectivity index (χ0) is 19.5. The molecule has 1 atom stereocenters. The van der Waals surface area contributed by atoms with Crippen LogP contribution in [0.3, 0.4) is 0 Å². The number of H-pyrrole nitrogens is 1. The summed E-state index contributed by atoms with van der Waals surface area (Å²) in [6, 6.07) is 17.2. The highest BCUT2D eigenvalue weighted by atomic mass is 16.5. The number of amides is 1. The number of aromatic nitrogens is 1. The molecule has 0 bridgehead atoms. The maximum atomic E-state index is 13.0. The lowest BCUT2D eigenvalue weighted by atomic mass is 10.1. The molecule has 2 aromatic carbocycles. The van der Waals surface area contributed by atoms with E-state index in [1.807, 2.05) is 6.07 Å². The van der Waals surface area contributed by atoms with E-state index in [0.717, 1.165) is 12.8 Å². The lowest BCUT2D eigenvalue weighted by Crippen LogP contribution is -2.35. The van der Waals surface area contributed by atoms with Crippen LogP contribution in [0.5, 0.6) is 0 Å². The Bertz CT molecular complexity index is 1070. The molecule has 0 aliphatic carbocycles. The average molecular weight is 376 g/mol. The van der Waals surface area contributed by atoms with Gasteiger partial charge < -0.3 is 14.6 Å². The lowest BCUT2D eigenvalue weighted by Gasteiger charge is -2.23. The van der Waals surface area contributed by atoms with E-state index in [-0.39, 0.29) is 11.5 Å². The van der Waals surface area contributed by atoms with E-state index in [0.29, 0.717) is 29.6 Å². The summed E-state index contributed by atoms with van der Waals surface area (Å²) in [5.74, 6) is -0.921. The number of likely N-dealkylation sites (tertiary alicyclic amines) is 1. The normalized spacial score (nSPS) is 14.8. The van der Waals surface area contributed by atoms with Gasteiger partial charge in [-0.1, -0.05) is 48.5 Å². The van der Waals surface area contributed by atoms with E-state index in [2.05, 4.69) is 4.98 Å². The van der Waals surface area contributed by atoms with Gasteiger partial charge in [-0.05, 0) is 18.9 Å². The molecular weight excluding hydrogens is 356 g/mol. The van der Waals surface area contributed by atoms with Crippen molar-refractivity contribution in [3.05, 3.63) is 82.1 Å². The van der Waals surface area contributed by atoms with Crippen LogP contribution in [0, 0.1) is 0 Å². The Hall–Kier alpha value is -3.41. The van der Waals surface area contributed by atoms with E-state index in [1.54, 1.807) is 53.4 Å². The van der Waals surface area contributed by atoms with Gasteiger partial charge in [0, 0.05) is 35.6 Å². The Labute approximate surface area is 161 Å². The topological polar surface area (TPSA) is 79.5 Å². The second-order valence-electron chi connectivity index (χ2n) is 6.82. The van der Waals surface area contributed by atoms with Gasteiger partial charge in [-0.3, -0.25) is 9.59 Å². The first-order valence-electron chi connectivity index (χ1n) is 9.30. The van der Waals surface area contributed by atoms with Crippen molar-refractivity contribution in [1.82, 2.24) is 9.88 Å². The summed E-state index contributed by atoms with van der Waals surface area (Å²) >= 11 is 0. The molecule has 1 aromatic heterocycles. The molecule has 1 aliphatic rings. The SMILES string of the molecule is O=C(O[C@H](C(=O)N1CCCC1)c1ccccc1)c1cc(=O)[nH]c2ccccc12. The smallest absolute Gasteiger partial charge is 0.340 e. The molecule has 0 unspecified atom stereocenters. The van der Waals surface area contributed by atoms with E-state index < -0.39 is 17.6 Å². The molecule has 0 saturated carbocycles. The molecule has 1 N–H and O–H groups in total. The third-order valence-corrected chi connectivity index (χ3v) is 4.94. The van der Waals surface area contributed by atoms with E-state index in [1.165, 1.54) is 6.07 Å². The van der Waals surface area contributed by atoms with Crippen LogP contribution < -0.4 is 5.56 Å². The number of nitrogens with zero attached hydrogens (tertiary/aromatic N) is 1. The number of fused-ring (bicyclic) bond motifs is 1. The van der Waals surface area contributed by atoms with Crippen LogP contribution in [0.15, 0.2) is 65.5 Å². The van der Waals surface area contributed by atoms with Crippen molar-refractivity contribution in [2.75, 3.05) is 13.1 Å². The summed E-state index contributed by atoms with van der Waals surface area (Å²) in [4.78, 5) is 42.4. The van der Waals surface area contributed by atoms with Gasteiger partial charge in [0.2, 0.25) is 11.7 Å². The first-order chi connectivity index (χ1) is 13.6. The van der Waals surface area contributed by atoms with Gasteiger partial charge in [-0.25, -0.2) is 4.79 Å².